The second kappa shape index (κ2) is 6.36. The Hall–Kier alpha value is -2.08. The maximum atomic E-state index is 12.1. The Kier molecular flexibility index (Phi) is 4.29. The van der Waals surface area contributed by atoms with Gasteiger partial charge < -0.3 is 14.6 Å². The third-order valence-electron chi connectivity index (χ3n) is 3.62. The van der Waals surface area contributed by atoms with Crippen LogP contribution in [0.15, 0.2) is 24.3 Å². The van der Waals surface area contributed by atoms with E-state index in [0.29, 0.717) is 17.3 Å². The van der Waals surface area contributed by atoms with Crippen LogP contribution in [-0.2, 0) is 24.3 Å². The van der Waals surface area contributed by atoms with Crippen LogP contribution in [0, 0.1) is 0 Å². The summed E-state index contributed by atoms with van der Waals surface area (Å²) in [6, 6.07) is 7.08. The van der Waals surface area contributed by atoms with Crippen LogP contribution in [0.25, 0.3) is 0 Å². The number of rotatable bonds is 5. The van der Waals surface area contributed by atoms with E-state index in [1.165, 1.54) is 0 Å². The molecule has 1 amide bonds. The van der Waals surface area contributed by atoms with E-state index < -0.39 is 6.10 Å². The monoisotopic (exact) mass is 320 g/mol. The van der Waals surface area contributed by atoms with Crippen molar-refractivity contribution in [1.29, 1.82) is 0 Å². The molecule has 0 aliphatic carbocycles. The molecule has 116 valence electrons. The van der Waals surface area contributed by atoms with Gasteiger partial charge in [-0.15, -0.1) is 10.2 Å². The summed E-state index contributed by atoms with van der Waals surface area (Å²) < 4.78 is 7.64. The van der Waals surface area contributed by atoms with E-state index in [0.717, 1.165) is 31.0 Å². The molecular weight excluding hydrogens is 304 g/mol. The number of fused-ring (bicyclic) bond motifs is 1. The third kappa shape index (κ3) is 3.06. The minimum atomic E-state index is -0.638. The normalized spacial score (nSPS) is 14.5. The number of hydrogen-bond donors (Lipinski definition) is 1. The van der Waals surface area contributed by atoms with E-state index in [-0.39, 0.29) is 5.91 Å². The summed E-state index contributed by atoms with van der Waals surface area (Å²) in [7, 11) is 0. The number of amides is 1. The van der Waals surface area contributed by atoms with E-state index in [9.17, 15) is 4.79 Å². The first-order chi connectivity index (χ1) is 10.6. The highest BCUT2D eigenvalue weighted by atomic mass is 35.5. The maximum absolute atomic E-state index is 12.1. The average molecular weight is 321 g/mol. The van der Waals surface area contributed by atoms with Crippen LogP contribution in [0.5, 0.6) is 5.75 Å². The lowest BCUT2D eigenvalue weighted by Gasteiger charge is -2.15. The van der Waals surface area contributed by atoms with E-state index in [4.69, 9.17) is 16.3 Å². The zero-order chi connectivity index (χ0) is 15.5. The summed E-state index contributed by atoms with van der Waals surface area (Å²) in [4.78, 5) is 12.1. The summed E-state index contributed by atoms with van der Waals surface area (Å²) in [5.74, 6) is 2.06. The molecule has 1 aliphatic heterocycles. The molecule has 2 heterocycles. The fourth-order valence-electron chi connectivity index (χ4n) is 2.44. The molecule has 0 fully saturated rings. The van der Waals surface area contributed by atoms with Gasteiger partial charge in [-0.3, -0.25) is 4.79 Å². The lowest BCUT2D eigenvalue weighted by atomic mass is 10.3. The molecular formula is C15H17ClN4O2. The van der Waals surface area contributed by atoms with E-state index in [1.54, 1.807) is 19.1 Å². The van der Waals surface area contributed by atoms with Crippen molar-refractivity contribution in [1.82, 2.24) is 20.1 Å². The standard InChI is InChI=1S/C15H17ClN4O2/c1-10(22-12-6-3-2-5-11(12)16)15(21)17-9-14-19-18-13-7-4-8-20(13)14/h2-3,5-6,10H,4,7-9H2,1H3,(H,17,21)/t10-/m0/s1. The first-order valence-corrected chi connectivity index (χ1v) is 7.63. The average Bonchev–Trinajstić information content (AvgIpc) is 3.10. The largest absolute Gasteiger partial charge is 0.479 e. The Morgan fingerprint density at radius 3 is 3.09 bits per heavy atom. The predicted molar refractivity (Wildman–Crippen MR) is 81.7 cm³/mol. The Labute approximate surface area is 133 Å². The molecule has 3 rings (SSSR count). The van der Waals surface area contributed by atoms with Gasteiger partial charge >= 0.3 is 0 Å². The van der Waals surface area contributed by atoms with Gasteiger partial charge in [0.15, 0.2) is 11.9 Å². The molecule has 0 bridgehead atoms. The smallest absolute Gasteiger partial charge is 0.261 e. The fraction of sp³-hybridized carbons (Fsp3) is 0.400. The molecule has 1 atom stereocenters. The minimum absolute atomic E-state index is 0.213. The second-order valence-electron chi connectivity index (χ2n) is 5.20. The van der Waals surface area contributed by atoms with Gasteiger partial charge in [0.1, 0.15) is 11.6 Å². The first kappa shape index (κ1) is 14.8. The summed E-state index contributed by atoms with van der Waals surface area (Å²) in [6.07, 6.45) is 1.39. The summed E-state index contributed by atoms with van der Waals surface area (Å²) >= 11 is 6.02. The van der Waals surface area contributed by atoms with Gasteiger partial charge in [-0.05, 0) is 25.5 Å². The summed E-state index contributed by atoms with van der Waals surface area (Å²) in [6.45, 7) is 2.95. The number of carbonyl (C=O) groups excluding carboxylic acids is 1. The second-order valence-corrected chi connectivity index (χ2v) is 5.60. The number of aryl methyl sites for hydroxylation is 1. The van der Waals surface area contributed by atoms with Gasteiger partial charge in [-0.25, -0.2) is 0 Å². The summed E-state index contributed by atoms with van der Waals surface area (Å²) in [5, 5.41) is 11.5. The Morgan fingerprint density at radius 1 is 1.45 bits per heavy atom. The van der Waals surface area contributed by atoms with Crippen molar-refractivity contribution in [2.24, 2.45) is 0 Å². The van der Waals surface area contributed by atoms with Crippen LogP contribution < -0.4 is 10.1 Å². The lowest BCUT2D eigenvalue weighted by molar-refractivity contribution is -0.127. The number of aromatic nitrogens is 3. The number of ether oxygens (including phenoxy) is 1. The Morgan fingerprint density at radius 2 is 2.27 bits per heavy atom. The van der Waals surface area contributed by atoms with Gasteiger partial charge in [-0.2, -0.15) is 0 Å². The topological polar surface area (TPSA) is 69.0 Å². The molecule has 0 unspecified atom stereocenters. The highest BCUT2D eigenvalue weighted by molar-refractivity contribution is 6.32. The van der Waals surface area contributed by atoms with Crippen LogP contribution in [0.3, 0.4) is 0 Å². The molecule has 1 N–H and O–H groups in total. The minimum Gasteiger partial charge on any atom is -0.479 e. The number of halogens is 1. The first-order valence-electron chi connectivity index (χ1n) is 7.25. The molecule has 1 aliphatic rings. The number of nitrogens with zero attached hydrogens (tertiary/aromatic N) is 3. The zero-order valence-electron chi connectivity index (χ0n) is 12.3. The molecule has 1 aromatic heterocycles. The van der Waals surface area contributed by atoms with Crippen molar-refractivity contribution in [3.63, 3.8) is 0 Å². The Balaban J connectivity index is 1.56. The third-order valence-corrected chi connectivity index (χ3v) is 3.93. The highest BCUT2D eigenvalue weighted by Gasteiger charge is 2.20. The number of para-hydroxylation sites is 1. The lowest BCUT2D eigenvalue weighted by Crippen LogP contribution is -2.36. The molecule has 1 aromatic carbocycles. The van der Waals surface area contributed by atoms with Crippen molar-refractivity contribution in [3.05, 3.63) is 40.9 Å². The fourth-order valence-corrected chi connectivity index (χ4v) is 2.62. The van der Waals surface area contributed by atoms with E-state index >= 15 is 0 Å². The van der Waals surface area contributed by atoms with E-state index in [2.05, 4.69) is 20.1 Å². The maximum Gasteiger partial charge on any atom is 0.261 e. The number of hydrogen-bond acceptors (Lipinski definition) is 4. The van der Waals surface area contributed by atoms with Gasteiger partial charge in [-0.1, -0.05) is 23.7 Å². The molecule has 0 spiro atoms. The Bertz CT molecular complexity index is 686. The van der Waals surface area contributed by atoms with Crippen LogP contribution in [0.4, 0.5) is 0 Å². The van der Waals surface area contributed by atoms with Crippen molar-refractivity contribution < 1.29 is 9.53 Å². The van der Waals surface area contributed by atoms with Crippen LogP contribution >= 0.6 is 11.6 Å². The van der Waals surface area contributed by atoms with Crippen molar-refractivity contribution in [3.8, 4) is 5.75 Å². The number of nitrogens with one attached hydrogen (secondary N) is 1. The highest BCUT2D eigenvalue weighted by Crippen LogP contribution is 2.24. The van der Waals surface area contributed by atoms with Crippen LogP contribution in [-0.4, -0.2) is 26.8 Å². The van der Waals surface area contributed by atoms with Crippen molar-refractivity contribution in [2.75, 3.05) is 0 Å². The molecule has 0 saturated heterocycles. The van der Waals surface area contributed by atoms with E-state index in [1.807, 2.05) is 12.1 Å². The van der Waals surface area contributed by atoms with Gasteiger partial charge in [0.05, 0.1) is 11.6 Å². The van der Waals surface area contributed by atoms with Crippen LogP contribution in [0.2, 0.25) is 5.02 Å². The molecule has 0 radical (unpaired) electrons. The molecule has 22 heavy (non-hydrogen) atoms. The van der Waals surface area contributed by atoms with Gasteiger partial charge in [0.2, 0.25) is 0 Å². The van der Waals surface area contributed by atoms with Gasteiger partial charge in [0, 0.05) is 13.0 Å². The molecule has 7 heteroatoms. The van der Waals surface area contributed by atoms with Crippen molar-refractivity contribution in [2.45, 2.75) is 39.0 Å². The van der Waals surface area contributed by atoms with Crippen molar-refractivity contribution >= 4 is 17.5 Å². The summed E-state index contributed by atoms with van der Waals surface area (Å²) in [5.41, 5.74) is 0. The zero-order valence-corrected chi connectivity index (χ0v) is 13.0. The predicted octanol–water partition coefficient (Wildman–Crippen LogP) is 1.96. The molecule has 0 saturated carbocycles. The molecule has 6 nitrogen and oxygen atoms in total. The van der Waals surface area contributed by atoms with Crippen LogP contribution in [0.1, 0.15) is 25.0 Å². The number of benzene rings is 1. The molecule has 2 aromatic rings. The van der Waals surface area contributed by atoms with Gasteiger partial charge in [0.25, 0.3) is 5.91 Å². The quantitative estimate of drug-likeness (QED) is 0.914. The number of carbonyl (C=O) groups is 1. The SMILES string of the molecule is C[C@H](Oc1ccccc1Cl)C(=O)NCc1nnc2n1CCC2.